The standard InChI is InChI=1S/C20H23N3O5/c1-22(14-19(24)25)12-18-13-23(9-10-27-18)20(26)15-4-6-16(7-5-15)28-17-3-2-8-21-11-17/h2-8,11,18H,9-10,12-14H2,1H3,(H,24,25). The van der Waals surface area contributed by atoms with Gasteiger partial charge in [-0.3, -0.25) is 19.5 Å². The van der Waals surface area contributed by atoms with E-state index < -0.39 is 5.97 Å². The summed E-state index contributed by atoms with van der Waals surface area (Å²) in [6, 6.07) is 10.6. The summed E-state index contributed by atoms with van der Waals surface area (Å²) in [6.07, 6.45) is 3.08. The van der Waals surface area contributed by atoms with Gasteiger partial charge in [-0.25, -0.2) is 0 Å². The minimum atomic E-state index is -0.889. The molecule has 1 aliphatic rings. The normalized spacial score (nSPS) is 16.8. The lowest BCUT2D eigenvalue weighted by molar-refractivity contribution is -0.138. The number of nitrogens with zero attached hydrogens (tertiary/aromatic N) is 3. The minimum absolute atomic E-state index is 0.0633. The summed E-state index contributed by atoms with van der Waals surface area (Å²) in [5, 5.41) is 8.86. The van der Waals surface area contributed by atoms with Crippen LogP contribution in [0.25, 0.3) is 0 Å². The van der Waals surface area contributed by atoms with Crippen LogP contribution in [0.4, 0.5) is 0 Å². The lowest BCUT2D eigenvalue weighted by Crippen LogP contribution is -2.49. The Morgan fingerprint density at radius 2 is 2.07 bits per heavy atom. The highest BCUT2D eigenvalue weighted by atomic mass is 16.5. The van der Waals surface area contributed by atoms with E-state index in [0.717, 1.165) is 0 Å². The number of pyridine rings is 1. The van der Waals surface area contributed by atoms with E-state index in [1.807, 2.05) is 0 Å². The van der Waals surface area contributed by atoms with Crippen LogP contribution >= 0.6 is 0 Å². The predicted molar refractivity (Wildman–Crippen MR) is 102 cm³/mol. The molecule has 0 radical (unpaired) electrons. The molecule has 1 N–H and O–H groups in total. The highest BCUT2D eigenvalue weighted by molar-refractivity contribution is 5.94. The number of morpholine rings is 1. The fourth-order valence-electron chi connectivity index (χ4n) is 3.05. The number of rotatable bonds is 7. The molecule has 2 heterocycles. The molecule has 148 valence electrons. The molecule has 0 saturated carbocycles. The number of aliphatic carboxylic acids is 1. The molecular weight excluding hydrogens is 362 g/mol. The topological polar surface area (TPSA) is 92.2 Å². The highest BCUT2D eigenvalue weighted by Gasteiger charge is 2.26. The Morgan fingerprint density at radius 3 is 2.75 bits per heavy atom. The molecule has 8 heteroatoms. The van der Waals surface area contributed by atoms with E-state index >= 15 is 0 Å². The maximum atomic E-state index is 12.8. The number of carboxylic acid groups (broad SMARTS) is 1. The number of hydrogen-bond donors (Lipinski definition) is 1. The van der Waals surface area contributed by atoms with Gasteiger partial charge in [0.15, 0.2) is 0 Å². The summed E-state index contributed by atoms with van der Waals surface area (Å²) in [7, 11) is 1.72. The van der Waals surface area contributed by atoms with Gasteiger partial charge in [-0.15, -0.1) is 0 Å². The van der Waals surface area contributed by atoms with Crippen molar-refractivity contribution < 1.29 is 24.2 Å². The zero-order valence-electron chi connectivity index (χ0n) is 15.7. The first-order chi connectivity index (χ1) is 13.5. The van der Waals surface area contributed by atoms with E-state index in [0.29, 0.717) is 43.3 Å². The summed E-state index contributed by atoms with van der Waals surface area (Å²) >= 11 is 0. The average molecular weight is 385 g/mol. The maximum absolute atomic E-state index is 12.8. The third-order valence-corrected chi connectivity index (χ3v) is 4.32. The molecule has 0 bridgehead atoms. The number of benzene rings is 1. The zero-order valence-corrected chi connectivity index (χ0v) is 15.7. The number of hydrogen-bond acceptors (Lipinski definition) is 6. The third kappa shape index (κ3) is 5.51. The quantitative estimate of drug-likeness (QED) is 0.776. The smallest absolute Gasteiger partial charge is 0.317 e. The molecule has 1 fully saturated rings. The molecule has 1 amide bonds. The Kier molecular flexibility index (Phi) is 6.57. The van der Waals surface area contributed by atoms with Crippen molar-refractivity contribution in [1.82, 2.24) is 14.8 Å². The Hall–Kier alpha value is -2.97. The monoisotopic (exact) mass is 385 g/mol. The molecule has 8 nitrogen and oxygen atoms in total. The van der Waals surface area contributed by atoms with Crippen LogP contribution in [-0.2, 0) is 9.53 Å². The summed E-state index contributed by atoms with van der Waals surface area (Å²) in [6.45, 7) is 1.75. The second-order valence-corrected chi connectivity index (χ2v) is 6.65. The van der Waals surface area contributed by atoms with Crippen LogP contribution in [0.3, 0.4) is 0 Å². The van der Waals surface area contributed by atoms with Crippen molar-refractivity contribution in [3.8, 4) is 11.5 Å². The van der Waals surface area contributed by atoms with Gasteiger partial charge in [-0.2, -0.15) is 0 Å². The van der Waals surface area contributed by atoms with E-state index in [-0.39, 0.29) is 18.6 Å². The predicted octanol–water partition coefficient (Wildman–Crippen LogP) is 1.73. The van der Waals surface area contributed by atoms with Crippen molar-refractivity contribution in [2.24, 2.45) is 0 Å². The van der Waals surface area contributed by atoms with Crippen molar-refractivity contribution in [1.29, 1.82) is 0 Å². The van der Waals surface area contributed by atoms with Crippen LogP contribution in [-0.4, -0.2) is 77.7 Å². The van der Waals surface area contributed by atoms with Crippen molar-refractivity contribution in [2.75, 3.05) is 39.8 Å². The molecule has 1 unspecified atom stereocenters. The van der Waals surface area contributed by atoms with Crippen LogP contribution in [0.2, 0.25) is 0 Å². The van der Waals surface area contributed by atoms with Crippen LogP contribution in [0.5, 0.6) is 11.5 Å². The van der Waals surface area contributed by atoms with E-state index in [9.17, 15) is 9.59 Å². The Balaban J connectivity index is 1.57. The summed E-state index contributed by atoms with van der Waals surface area (Å²) in [5.74, 6) is 0.282. The van der Waals surface area contributed by atoms with Gasteiger partial charge in [-0.05, 0) is 43.4 Å². The summed E-state index contributed by atoms with van der Waals surface area (Å²) < 4.78 is 11.4. The zero-order chi connectivity index (χ0) is 19.9. The molecule has 1 aromatic heterocycles. The summed E-state index contributed by atoms with van der Waals surface area (Å²) in [4.78, 5) is 31.0. The first-order valence-electron chi connectivity index (χ1n) is 9.00. The molecular formula is C20H23N3O5. The number of carbonyl (C=O) groups is 2. The third-order valence-electron chi connectivity index (χ3n) is 4.32. The minimum Gasteiger partial charge on any atom is -0.480 e. The van der Waals surface area contributed by atoms with Crippen molar-refractivity contribution >= 4 is 11.9 Å². The lowest BCUT2D eigenvalue weighted by atomic mass is 10.1. The lowest BCUT2D eigenvalue weighted by Gasteiger charge is -2.34. The van der Waals surface area contributed by atoms with Gasteiger partial charge in [-0.1, -0.05) is 0 Å². The largest absolute Gasteiger partial charge is 0.480 e. The van der Waals surface area contributed by atoms with Crippen LogP contribution in [0, 0.1) is 0 Å². The number of likely N-dealkylation sites (N-methyl/N-ethyl adjacent to an activating group) is 1. The van der Waals surface area contributed by atoms with Gasteiger partial charge in [0.25, 0.3) is 5.91 Å². The molecule has 3 rings (SSSR count). The van der Waals surface area contributed by atoms with E-state index in [4.69, 9.17) is 14.6 Å². The van der Waals surface area contributed by atoms with Gasteiger partial charge in [0.2, 0.25) is 0 Å². The van der Waals surface area contributed by atoms with E-state index in [2.05, 4.69) is 4.98 Å². The average Bonchev–Trinajstić information content (AvgIpc) is 2.68. The van der Waals surface area contributed by atoms with E-state index in [1.54, 1.807) is 65.6 Å². The molecule has 0 aliphatic carbocycles. The summed E-state index contributed by atoms with van der Waals surface area (Å²) in [5.41, 5.74) is 0.568. The van der Waals surface area contributed by atoms with E-state index in [1.165, 1.54) is 0 Å². The van der Waals surface area contributed by atoms with Gasteiger partial charge < -0.3 is 19.5 Å². The molecule has 0 spiro atoms. The van der Waals surface area contributed by atoms with Gasteiger partial charge >= 0.3 is 5.97 Å². The first kappa shape index (κ1) is 19.8. The fourth-order valence-corrected chi connectivity index (χ4v) is 3.05. The van der Waals surface area contributed by atoms with Crippen LogP contribution in [0.15, 0.2) is 48.8 Å². The molecule has 2 aromatic rings. The number of carbonyl (C=O) groups excluding carboxylic acids is 1. The van der Waals surface area contributed by atoms with Crippen LogP contribution < -0.4 is 4.74 Å². The van der Waals surface area contributed by atoms with Crippen molar-refractivity contribution in [3.05, 3.63) is 54.4 Å². The van der Waals surface area contributed by atoms with Gasteiger partial charge in [0.1, 0.15) is 11.5 Å². The second kappa shape index (κ2) is 9.29. The Labute approximate surface area is 163 Å². The number of amides is 1. The number of ether oxygens (including phenoxy) is 2. The van der Waals surface area contributed by atoms with Crippen LogP contribution in [0.1, 0.15) is 10.4 Å². The Bertz CT molecular complexity index is 797. The fraction of sp³-hybridized carbons (Fsp3) is 0.350. The molecule has 1 aliphatic heterocycles. The van der Waals surface area contributed by atoms with Crippen molar-refractivity contribution in [2.45, 2.75) is 6.10 Å². The molecule has 1 aromatic carbocycles. The first-order valence-corrected chi connectivity index (χ1v) is 9.00. The SMILES string of the molecule is CN(CC(=O)O)CC1CN(C(=O)c2ccc(Oc3cccnc3)cc2)CCO1. The van der Waals surface area contributed by atoms with Gasteiger partial charge in [0, 0.05) is 31.4 Å². The highest BCUT2D eigenvalue weighted by Crippen LogP contribution is 2.21. The number of aromatic nitrogens is 1. The van der Waals surface area contributed by atoms with Gasteiger partial charge in [0.05, 0.1) is 25.5 Å². The number of carboxylic acids is 1. The maximum Gasteiger partial charge on any atom is 0.317 e. The Morgan fingerprint density at radius 1 is 1.29 bits per heavy atom. The second-order valence-electron chi connectivity index (χ2n) is 6.65. The van der Waals surface area contributed by atoms with Crippen molar-refractivity contribution in [3.63, 3.8) is 0 Å². The molecule has 28 heavy (non-hydrogen) atoms. The molecule has 1 saturated heterocycles. The molecule has 1 atom stereocenters.